The van der Waals surface area contributed by atoms with Gasteiger partial charge in [0.05, 0.1) is 0 Å². The van der Waals surface area contributed by atoms with Gasteiger partial charge in [0.15, 0.2) is 0 Å². The number of phenolic OH excluding ortho intramolecular Hbond substituents is 1. The fraction of sp³-hybridized carbons (Fsp3) is 0.733. The third-order valence-electron chi connectivity index (χ3n) is 10.2. The summed E-state index contributed by atoms with van der Waals surface area (Å²) in [6.45, 7) is 4.75. The Hall–Kier alpha value is -2.29. The van der Waals surface area contributed by atoms with Crippen LogP contribution < -0.4 is 0 Å². The molecule has 6 aliphatic rings. The van der Waals surface area contributed by atoms with Crippen molar-refractivity contribution in [2.75, 3.05) is 19.6 Å². The Kier molecular flexibility index (Phi) is 7.92. The molecule has 7 rings (SSSR count). The number of alkyl halides is 3. The quantitative estimate of drug-likeness (QED) is 0.468. The number of carbonyl (C=O) groups excluding carboxylic acids is 1. The third kappa shape index (κ3) is 6.39. The van der Waals surface area contributed by atoms with Crippen molar-refractivity contribution < 1.29 is 33.0 Å². The second-order valence-electron chi connectivity index (χ2n) is 13.0. The smallest absolute Gasteiger partial charge is 0.490 e. The molecule has 1 aromatic carbocycles. The molecule has 0 spiro atoms. The van der Waals surface area contributed by atoms with Crippen molar-refractivity contribution in [3.8, 4) is 5.75 Å². The van der Waals surface area contributed by atoms with Crippen molar-refractivity contribution in [3.05, 3.63) is 29.8 Å². The first-order valence-electron chi connectivity index (χ1n) is 14.5. The molecular weight excluding hydrogens is 509 g/mol. The maximum Gasteiger partial charge on any atom is 0.490 e. The number of carboxylic acid groups (broad SMARTS) is 1. The number of aliphatic carboxylic acids is 1. The number of halogens is 3. The van der Waals surface area contributed by atoms with Crippen LogP contribution in [0, 0.1) is 23.2 Å². The molecule has 2 heterocycles. The topological polar surface area (TPSA) is 81.1 Å². The van der Waals surface area contributed by atoms with Gasteiger partial charge in [0.25, 0.3) is 0 Å². The lowest BCUT2D eigenvalue weighted by molar-refractivity contribution is -0.192. The fourth-order valence-corrected chi connectivity index (χ4v) is 9.16. The molecule has 6 nitrogen and oxygen atoms in total. The third-order valence-corrected chi connectivity index (χ3v) is 10.2. The highest BCUT2D eigenvalue weighted by atomic mass is 19.4. The molecule has 0 aromatic heterocycles. The predicted molar refractivity (Wildman–Crippen MR) is 140 cm³/mol. The molecule has 4 aliphatic carbocycles. The Morgan fingerprint density at radius 2 is 1.54 bits per heavy atom. The standard InChI is InChI=1S/C28H40N2O2.C2HF3O2/c1-19(31)29(18-28-15-20-9-21(16-28)11-22(10-20)17-28)7-8-30-25-5-6-26(30)13-24(12-25)23-3-2-4-27(32)14-23;3-2(4,5)1(6)7/h2-4,14,20-22,24-26,32H,5-13,15-18H2,1H3;(H,6,7)/t20?,21?,22?,24?,25-,26+,28?;. The normalized spacial score (nSPS) is 34.9. The zero-order valence-electron chi connectivity index (χ0n) is 22.7. The van der Waals surface area contributed by atoms with Gasteiger partial charge in [0.2, 0.25) is 5.91 Å². The van der Waals surface area contributed by atoms with Crippen LogP contribution in [0.4, 0.5) is 13.2 Å². The van der Waals surface area contributed by atoms with Crippen molar-refractivity contribution in [1.29, 1.82) is 0 Å². The van der Waals surface area contributed by atoms with Crippen LogP contribution in [0.25, 0.3) is 0 Å². The summed E-state index contributed by atoms with van der Waals surface area (Å²) >= 11 is 0. The van der Waals surface area contributed by atoms with Crippen molar-refractivity contribution in [3.63, 3.8) is 0 Å². The minimum atomic E-state index is -5.08. The van der Waals surface area contributed by atoms with E-state index in [0.29, 0.717) is 29.2 Å². The number of rotatable bonds is 6. The van der Waals surface area contributed by atoms with Gasteiger partial charge in [-0.15, -0.1) is 0 Å². The molecule has 2 saturated heterocycles. The first-order valence-corrected chi connectivity index (χ1v) is 14.5. The Labute approximate surface area is 228 Å². The average molecular weight is 551 g/mol. The van der Waals surface area contributed by atoms with Gasteiger partial charge in [-0.2, -0.15) is 13.2 Å². The van der Waals surface area contributed by atoms with Gasteiger partial charge < -0.3 is 15.1 Å². The summed E-state index contributed by atoms with van der Waals surface area (Å²) in [6.07, 6.45) is 8.41. The Morgan fingerprint density at radius 1 is 1.00 bits per heavy atom. The summed E-state index contributed by atoms with van der Waals surface area (Å²) in [5.74, 6) is 1.31. The monoisotopic (exact) mass is 550 g/mol. The van der Waals surface area contributed by atoms with E-state index in [1.807, 2.05) is 12.1 Å². The number of hydrogen-bond donors (Lipinski definition) is 2. The van der Waals surface area contributed by atoms with Gasteiger partial charge in [0, 0.05) is 38.6 Å². The van der Waals surface area contributed by atoms with E-state index >= 15 is 0 Å². The largest absolute Gasteiger partial charge is 0.508 e. The van der Waals surface area contributed by atoms with Crippen LogP contribution >= 0.6 is 0 Å². The lowest BCUT2D eigenvalue weighted by Gasteiger charge is -2.58. The Balaban J connectivity index is 0.000000392. The van der Waals surface area contributed by atoms with Crippen molar-refractivity contribution in [2.24, 2.45) is 23.2 Å². The molecule has 0 radical (unpaired) electrons. The van der Waals surface area contributed by atoms with Crippen molar-refractivity contribution >= 4 is 11.9 Å². The number of carbonyl (C=O) groups is 2. The minimum Gasteiger partial charge on any atom is -0.508 e. The summed E-state index contributed by atoms with van der Waals surface area (Å²) < 4.78 is 31.7. The molecule has 1 unspecified atom stereocenters. The van der Waals surface area contributed by atoms with Crippen LogP contribution in [0.5, 0.6) is 5.75 Å². The van der Waals surface area contributed by atoms with Crippen LogP contribution in [0.3, 0.4) is 0 Å². The van der Waals surface area contributed by atoms with E-state index in [0.717, 1.165) is 37.4 Å². The molecule has 216 valence electrons. The summed E-state index contributed by atoms with van der Waals surface area (Å²) in [5.41, 5.74) is 1.73. The van der Waals surface area contributed by atoms with Crippen LogP contribution in [0.15, 0.2) is 24.3 Å². The van der Waals surface area contributed by atoms with Crippen LogP contribution in [0.2, 0.25) is 0 Å². The van der Waals surface area contributed by atoms with E-state index in [1.54, 1.807) is 13.0 Å². The van der Waals surface area contributed by atoms with E-state index in [9.17, 15) is 23.1 Å². The van der Waals surface area contributed by atoms with Crippen molar-refractivity contribution in [1.82, 2.24) is 9.80 Å². The summed E-state index contributed by atoms with van der Waals surface area (Å²) in [4.78, 5) is 26.5. The molecule has 2 N–H and O–H groups in total. The Morgan fingerprint density at radius 3 is 2.00 bits per heavy atom. The fourth-order valence-electron chi connectivity index (χ4n) is 9.16. The molecule has 1 amide bonds. The number of aromatic hydroxyl groups is 1. The molecule has 4 saturated carbocycles. The van der Waals surface area contributed by atoms with Gasteiger partial charge in [-0.1, -0.05) is 12.1 Å². The van der Waals surface area contributed by atoms with Gasteiger partial charge >= 0.3 is 12.1 Å². The number of phenols is 1. The molecule has 2 aliphatic heterocycles. The zero-order valence-corrected chi connectivity index (χ0v) is 22.7. The molecule has 6 fully saturated rings. The highest BCUT2D eigenvalue weighted by molar-refractivity contribution is 5.73. The second kappa shape index (κ2) is 10.9. The SMILES string of the molecule is CC(=O)N(CCN1[C@@H]2CC[C@H]1CC(c1cccc(O)c1)C2)CC12CC3CC(CC(C3)C1)C2.O=C(O)C(F)(F)F. The predicted octanol–water partition coefficient (Wildman–Crippen LogP) is 5.80. The number of benzene rings is 1. The van der Waals surface area contributed by atoms with Gasteiger partial charge in [-0.3, -0.25) is 9.69 Å². The molecule has 9 heteroatoms. The van der Waals surface area contributed by atoms with Crippen LogP contribution in [-0.2, 0) is 9.59 Å². The molecule has 6 bridgehead atoms. The molecular formula is C30H41F3N2O4. The zero-order chi connectivity index (χ0) is 27.9. The second-order valence-corrected chi connectivity index (χ2v) is 13.0. The highest BCUT2D eigenvalue weighted by Crippen LogP contribution is 2.60. The number of carboxylic acids is 1. The van der Waals surface area contributed by atoms with E-state index in [2.05, 4.69) is 15.9 Å². The van der Waals surface area contributed by atoms with E-state index < -0.39 is 12.1 Å². The maximum absolute atomic E-state index is 12.7. The van der Waals surface area contributed by atoms with Crippen molar-refractivity contribution in [2.45, 2.75) is 95.3 Å². The van der Waals surface area contributed by atoms with E-state index in [4.69, 9.17) is 9.90 Å². The van der Waals surface area contributed by atoms with E-state index in [1.165, 1.54) is 69.8 Å². The number of amides is 1. The summed E-state index contributed by atoms with van der Waals surface area (Å²) in [6, 6.07) is 9.16. The van der Waals surface area contributed by atoms with Gasteiger partial charge in [-0.25, -0.2) is 4.79 Å². The lowest BCUT2D eigenvalue weighted by Crippen LogP contribution is -2.53. The average Bonchev–Trinajstić information content (AvgIpc) is 3.07. The van der Waals surface area contributed by atoms with E-state index in [-0.39, 0.29) is 5.91 Å². The molecule has 3 atom stereocenters. The highest BCUT2D eigenvalue weighted by Gasteiger charge is 2.51. The summed E-state index contributed by atoms with van der Waals surface area (Å²) in [5, 5.41) is 17.0. The first kappa shape index (κ1) is 28.2. The first-order chi connectivity index (χ1) is 18.4. The van der Waals surface area contributed by atoms with Gasteiger partial charge in [-0.05, 0) is 111 Å². The number of nitrogens with zero attached hydrogens (tertiary/aromatic N) is 2. The lowest BCUT2D eigenvalue weighted by atomic mass is 9.49. The van der Waals surface area contributed by atoms with Crippen LogP contribution in [-0.4, -0.2) is 69.8 Å². The maximum atomic E-state index is 12.7. The number of piperidine rings is 1. The number of fused-ring (bicyclic) bond motifs is 2. The number of hydrogen-bond acceptors (Lipinski definition) is 4. The van der Waals surface area contributed by atoms with Gasteiger partial charge in [0.1, 0.15) is 5.75 Å². The summed E-state index contributed by atoms with van der Waals surface area (Å²) in [7, 11) is 0. The molecule has 1 aromatic rings. The molecule has 39 heavy (non-hydrogen) atoms. The minimum absolute atomic E-state index is 0.280. The van der Waals surface area contributed by atoms with Crippen LogP contribution in [0.1, 0.15) is 82.6 Å². The Bertz CT molecular complexity index is 1010.